The predicted molar refractivity (Wildman–Crippen MR) is 75.2 cm³/mol. The van der Waals surface area contributed by atoms with Crippen LogP contribution in [-0.4, -0.2) is 31.0 Å². The highest BCUT2D eigenvalue weighted by atomic mass is 16.5. The van der Waals surface area contributed by atoms with E-state index in [0.29, 0.717) is 6.42 Å². The van der Waals surface area contributed by atoms with E-state index < -0.39 is 6.10 Å². The lowest BCUT2D eigenvalue weighted by molar-refractivity contribution is -0.0797. The number of benzene rings is 1. The van der Waals surface area contributed by atoms with Crippen molar-refractivity contribution in [1.29, 1.82) is 0 Å². The second-order valence-corrected chi connectivity index (χ2v) is 5.86. The summed E-state index contributed by atoms with van der Waals surface area (Å²) in [4.78, 5) is 0. The largest absolute Gasteiger partial charge is 0.497 e. The molecule has 4 heteroatoms. The van der Waals surface area contributed by atoms with E-state index in [1.807, 2.05) is 18.2 Å². The zero-order valence-corrected chi connectivity index (χ0v) is 12.1. The standard InChI is InChI=1S/C16H22O4/c1-18-11-5-6-15-13(8-11)14(17)10-16(20-15)7-3-4-12(9-16)19-2/h5-6,8,12,14,17H,3-4,7,9-10H2,1-2H3. The Morgan fingerprint density at radius 1 is 1.30 bits per heavy atom. The SMILES string of the molecule is COc1ccc2c(c1)C(O)CC1(CCCC(OC)C1)O2. The van der Waals surface area contributed by atoms with Crippen LogP contribution < -0.4 is 9.47 Å². The smallest absolute Gasteiger partial charge is 0.126 e. The van der Waals surface area contributed by atoms with Crippen molar-refractivity contribution in [3.63, 3.8) is 0 Å². The van der Waals surface area contributed by atoms with Crippen LogP contribution in [0.25, 0.3) is 0 Å². The first-order valence-corrected chi connectivity index (χ1v) is 7.23. The van der Waals surface area contributed by atoms with Gasteiger partial charge in [-0.1, -0.05) is 0 Å². The summed E-state index contributed by atoms with van der Waals surface area (Å²) in [6.07, 6.45) is 4.36. The van der Waals surface area contributed by atoms with Crippen molar-refractivity contribution in [3.05, 3.63) is 23.8 Å². The van der Waals surface area contributed by atoms with Gasteiger partial charge in [0.2, 0.25) is 0 Å². The maximum atomic E-state index is 10.5. The van der Waals surface area contributed by atoms with Crippen LogP contribution in [0.3, 0.4) is 0 Å². The summed E-state index contributed by atoms with van der Waals surface area (Å²) in [6, 6.07) is 5.64. The Hall–Kier alpha value is -1.26. The van der Waals surface area contributed by atoms with E-state index in [2.05, 4.69) is 0 Å². The lowest BCUT2D eigenvalue weighted by Crippen LogP contribution is -2.46. The van der Waals surface area contributed by atoms with E-state index in [4.69, 9.17) is 14.2 Å². The molecule has 3 rings (SSSR count). The lowest BCUT2D eigenvalue weighted by Gasteiger charge is -2.45. The molecule has 110 valence electrons. The van der Waals surface area contributed by atoms with Crippen LogP contribution >= 0.6 is 0 Å². The summed E-state index contributed by atoms with van der Waals surface area (Å²) >= 11 is 0. The van der Waals surface area contributed by atoms with Gasteiger partial charge in [-0.2, -0.15) is 0 Å². The predicted octanol–water partition coefficient (Wildman–Crippen LogP) is 2.84. The fraction of sp³-hybridized carbons (Fsp3) is 0.625. The third-order valence-corrected chi connectivity index (χ3v) is 4.56. The van der Waals surface area contributed by atoms with E-state index in [1.54, 1.807) is 14.2 Å². The van der Waals surface area contributed by atoms with Crippen molar-refractivity contribution in [3.8, 4) is 11.5 Å². The van der Waals surface area contributed by atoms with Crippen LogP contribution in [0.15, 0.2) is 18.2 Å². The molecule has 0 saturated heterocycles. The number of aliphatic hydroxyl groups is 1. The fourth-order valence-corrected chi connectivity index (χ4v) is 3.49. The fourth-order valence-electron chi connectivity index (χ4n) is 3.49. The molecule has 3 unspecified atom stereocenters. The minimum absolute atomic E-state index is 0.232. The van der Waals surface area contributed by atoms with E-state index in [9.17, 15) is 5.11 Å². The van der Waals surface area contributed by atoms with E-state index in [1.165, 1.54) is 0 Å². The van der Waals surface area contributed by atoms with Gasteiger partial charge in [-0.3, -0.25) is 0 Å². The molecule has 1 heterocycles. The first-order chi connectivity index (χ1) is 9.65. The summed E-state index contributed by atoms with van der Waals surface area (Å²) in [6.45, 7) is 0. The summed E-state index contributed by atoms with van der Waals surface area (Å²) in [5.74, 6) is 1.53. The Morgan fingerprint density at radius 2 is 2.15 bits per heavy atom. The van der Waals surface area contributed by atoms with Gasteiger partial charge in [0, 0.05) is 25.5 Å². The molecule has 0 bridgehead atoms. The maximum Gasteiger partial charge on any atom is 0.126 e. The summed E-state index contributed by atoms with van der Waals surface area (Å²) in [7, 11) is 3.38. The number of hydrogen-bond donors (Lipinski definition) is 1. The minimum Gasteiger partial charge on any atom is -0.497 e. The van der Waals surface area contributed by atoms with Crippen molar-refractivity contribution in [2.45, 2.75) is 49.9 Å². The van der Waals surface area contributed by atoms with Gasteiger partial charge in [-0.25, -0.2) is 0 Å². The second-order valence-electron chi connectivity index (χ2n) is 5.86. The van der Waals surface area contributed by atoms with Crippen LogP contribution in [0.2, 0.25) is 0 Å². The van der Waals surface area contributed by atoms with Crippen LogP contribution in [0.5, 0.6) is 11.5 Å². The van der Waals surface area contributed by atoms with Crippen LogP contribution in [-0.2, 0) is 4.74 Å². The van der Waals surface area contributed by atoms with Crippen LogP contribution in [0.1, 0.15) is 43.8 Å². The summed E-state index contributed by atoms with van der Waals surface area (Å²) in [5, 5.41) is 10.5. The van der Waals surface area contributed by atoms with Gasteiger partial charge in [-0.15, -0.1) is 0 Å². The molecule has 20 heavy (non-hydrogen) atoms. The Balaban J connectivity index is 1.88. The van der Waals surface area contributed by atoms with E-state index in [0.717, 1.165) is 42.7 Å². The number of fused-ring (bicyclic) bond motifs is 1. The molecule has 1 aromatic carbocycles. The first-order valence-electron chi connectivity index (χ1n) is 7.23. The quantitative estimate of drug-likeness (QED) is 0.903. The van der Waals surface area contributed by atoms with Crippen LogP contribution in [0, 0.1) is 0 Å². The molecule has 0 aromatic heterocycles. The van der Waals surface area contributed by atoms with Gasteiger partial charge in [0.15, 0.2) is 0 Å². The molecule has 0 amide bonds. The van der Waals surface area contributed by atoms with E-state index in [-0.39, 0.29) is 11.7 Å². The van der Waals surface area contributed by atoms with Crippen LogP contribution in [0.4, 0.5) is 0 Å². The summed E-state index contributed by atoms with van der Waals surface area (Å²) < 4.78 is 17.0. The minimum atomic E-state index is -0.496. The normalized spacial score (nSPS) is 32.5. The highest BCUT2D eigenvalue weighted by Gasteiger charge is 2.44. The molecule has 0 radical (unpaired) electrons. The molecule has 1 saturated carbocycles. The first kappa shape index (κ1) is 13.7. The highest BCUT2D eigenvalue weighted by molar-refractivity contribution is 5.43. The van der Waals surface area contributed by atoms with E-state index >= 15 is 0 Å². The van der Waals surface area contributed by atoms with Crippen molar-refractivity contribution in [2.75, 3.05) is 14.2 Å². The van der Waals surface area contributed by atoms with Gasteiger partial charge < -0.3 is 19.3 Å². The third kappa shape index (κ3) is 2.38. The zero-order chi connectivity index (χ0) is 14.2. The molecule has 1 fully saturated rings. The molecule has 3 atom stereocenters. The monoisotopic (exact) mass is 278 g/mol. The van der Waals surface area contributed by atoms with Gasteiger partial charge in [0.1, 0.15) is 17.1 Å². The number of aliphatic hydroxyl groups excluding tert-OH is 1. The number of hydrogen-bond acceptors (Lipinski definition) is 4. The Labute approximate surface area is 119 Å². The topological polar surface area (TPSA) is 47.9 Å². The molecular weight excluding hydrogens is 256 g/mol. The molecule has 2 aliphatic rings. The highest BCUT2D eigenvalue weighted by Crippen LogP contribution is 2.47. The Kier molecular flexibility index (Phi) is 3.61. The molecule has 1 spiro atoms. The third-order valence-electron chi connectivity index (χ3n) is 4.56. The molecule has 1 aromatic rings. The van der Waals surface area contributed by atoms with Gasteiger partial charge in [-0.05, 0) is 37.5 Å². The van der Waals surface area contributed by atoms with Crippen molar-refractivity contribution in [1.82, 2.24) is 0 Å². The zero-order valence-electron chi connectivity index (χ0n) is 12.1. The number of ether oxygens (including phenoxy) is 3. The lowest BCUT2D eigenvalue weighted by atomic mass is 9.76. The van der Waals surface area contributed by atoms with Crippen molar-refractivity contribution in [2.24, 2.45) is 0 Å². The van der Waals surface area contributed by atoms with Crippen molar-refractivity contribution < 1.29 is 19.3 Å². The number of methoxy groups -OCH3 is 2. The molecule has 1 N–H and O–H groups in total. The molecule has 1 aliphatic heterocycles. The maximum absolute atomic E-state index is 10.5. The molecule has 1 aliphatic carbocycles. The Morgan fingerprint density at radius 3 is 2.90 bits per heavy atom. The average molecular weight is 278 g/mol. The second kappa shape index (κ2) is 5.26. The average Bonchev–Trinajstić information content (AvgIpc) is 2.47. The van der Waals surface area contributed by atoms with Gasteiger partial charge >= 0.3 is 0 Å². The van der Waals surface area contributed by atoms with Crippen molar-refractivity contribution >= 4 is 0 Å². The number of rotatable bonds is 2. The van der Waals surface area contributed by atoms with Gasteiger partial charge in [0.25, 0.3) is 0 Å². The van der Waals surface area contributed by atoms with Gasteiger partial charge in [0.05, 0.1) is 19.3 Å². The molecule has 4 nitrogen and oxygen atoms in total. The molecular formula is C16H22O4. The Bertz CT molecular complexity index is 487. The summed E-state index contributed by atoms with van der Waals surface area (Å²) in [5.41, 5.74) is 0.550.